The molecule has 2 aliphatic rings. The van der Waals surface area contributed by atoms with E-state index in [0.717, 1.165) is 11.3 Å². The van der Waals surface area contributed by atoms with Crippen molar-refractivity contribution in [1.29, 1.82) is 0 Å². The van der Waals surface area contributed by atoms with Crippen LogP contribution in [0.4, 0.5) is 17.1 Å². The zero-order valence-corrected chi connectivity index (χ0v) is 62.0. The molecule has 15 aromatic carbocycles. The molecule has 103 heavy (non-hydrogen) atoms. The van der Waals surface area contributed by atoms with Crippen LogP contribution in [0.2, 0.25) is 0 Å². The molecule has 0 spiro atoms. The van der Waals surface area contributed by atoms with Crippen LogP contribution >= 0.6 is 11.8 Å². The molecule has 0 bridgehead atoms. The minimum atomic E-state index is -3.43. The molecule has 2 heterocycles. The molecule has 15 aromatic rings. The van der Waals surface area contributed by atoms with Crippen molar-refractivity contribution in [2.45, 2.75) is 62.2 Å². The maximum Gasteiger partial charge on any atom is 0.249 e. The van der Waals surface area contributed by atoms with Crippen molar-refractivity contribution in [3.05, 3.63) is 387 Å². The monoisotopic (exact) mass is 1370 g/mol. The van der Waals surface area contributed by atoms with Crippen LogP contribution in [-0.2, 0) is 10.8 Å². The van der Waals surface area contributed by atoms with Gasteiger partial charge in [-0.25, -0.2) is 0 Å². The lowest BCUT2D eigenvalue weighted by molar-refractivity contribution is 0.589. The van der Waals surface area contributed by atoms with Gasteiger partial charge in [0.2, 0.25) is 6.71 Å². The van der Waals surface area contributed by atoms with Crippen molar-refractivity contribution in [3.63, 3.8) is 0 Å². The highest BCUT2D eigenvalue weighted by atomic mass is 32.2. The highest BCUT2D eigenvalue weighted by Crippen LogP contribution is 2.51. The van der Waals surface area contributed by atoms with E-state index in [1.165, 1.54) is 140 Å². The maximum atomic E-state index is 2.72. The molecular weight excluding hydrogens is 1290 g/mol. The van der Waals surface area contributed by atoms with Gasteiger partial charge in [0.05, 0.1) is 5.69 Å². The van der Waals surface area contributed by atoms with E-state index in [-0.39, 0.29) is 17.5 Å². The number of para-hydroxylation sites is 1. The molecule has 0 amide bonds. The van der Waals surface area contributed by atoms with Gasteiger partial charge < -0.3 is 4.90 Å². The molecule has 0 saturated carbocycles. The van der Waals surface area contributed by atoms with Crippen LogP contribution in [0.5, 0.6) is 0 Å². The summed E-state index contributed by atoms with van der Waals surface area (Å²) in [5, 5.41) is 10.6. The average molecular weight is 1370 g/mol. The maximum absolute atomic E-state index is 3.43. The first-order chi connectivity index (χ1) is 50.3. The summed E-state index contributed by atoms with van der Waals surface area (Å²) in [4.78, 5) is 5.36. The molecule has 0 radical (unpaired) electrons. The lowest BCUT2D eigenvalue weighted by Gasteiger charge is -2.43. The highest BCUT2D eigenvalue weighted by molar-refractivity contribution is 8.00. The Balaban J connectivity index is 1.04. The Morgan fingerprint density at radius 3 is 1.07 bits per heavy atom. The summed E-state index contributed by atoms with van der Waals surface area (Å²) in [6.07, 6.45) is 0. The van der Waals surface area contributed by atoms with Crippen molar-refractivity contribution in [2.24, 2.45) is 0 Å². The van der Waals surface area contributed by atoms with Crippen LogP contribution in [0.3, 0.4) is 0 Å². The molecule has 0 fully saturated rings. The third-order valence-electron chi connectivity index (χ3n) is 21.7. The normalized spacial score (nSPS) is 12.7. The van der Waals surface area contributed by atoms with E-state index in [4.69, 9.17) is 0 Å². The van der Waals surface area contributed by atoms with E-state index in [1.54, 1.807) is 0 Å². The lowest BCUT2D eigenvalue weighted by Crippen LogP contribution is -2.78. The van der Waals surface area contributed by atoms with E-state index >= 15 is 0 Å². The van der Waals surface area contributed by atoms with Gasteiger partial charge in [-0.3, -0.25) is 0 Å². The highest BCUT2D eigenvalue weighted by Gasteiger charge is 2.48. The third-order valence-corrected chi connectivity index (χ3v) is 32.3. The van der Waals surface area contributed by atoms with Gasteiger partial charge in [-0.15, -0.1) is 0 Å². The molecule has 0 saturated heterocycles. The van der Waals surface area contributed by atoms with Crippen molar-refractivity contribution in [2.75, 3.05) is 4.90 Å². The third kappa shape index (κ3) is 11.6. The number of hydrogen-bond acceptors (Lipinski definition) is 2. The second-order valence-electron chi connectivity index (χ2n) is 29.9. The molecule has 0 aromatic heterocycles. The molecule has 17 rings (SSSR count). The van der Waals surface area contributed by atoms with Crippen LogP contribution in [0.15, 0.2) is 386 Å². The molecule has 5 heteroatoms. The number of rotatable bonds is 14. The minimum Gasteiger partial charge on any atom is -0.310 e. The average Bonchev–Trinajstić information content (AvgIpc) is 0.700. The molecule has 0 aliphatic carbocycles. The van der Waals surface area contributed by atoms with Gasteiger partial charge in [-0.2, -0.15) is 0 Å². The Morgan fingerprint density at radius 2 is 0.631 bits per heavy atom. The SMILES string of the molecule is CC(C)(C)c1ccc2c(c1)B1c3ccc(-c4cc([Si](c5ccccc5)(c5ccccc5)c5cccc(-c6ccccc6)c5)cc([Si](c5ccccc5)(c5ccccc5)c5cccc(-c6ccccc6)c5)c4)cc3N(c3c(-c4ccccc4)cccc3-c3ccccc3)c3cc(C(C)(C)C)cc(c31)S2. The Bertz CT molecular complexity index is 5280. The molecule has 0 atom stereocenters. The van der Waals surface area contributed by atoms with Crippen molar-refractivity contribution >= 4 is 110 Å². The van der Waals surface area contributed by atoms with Crippen molar-refractivity contribution in [1.82, 2.24) is 0 Å². The molecular formula is C98H80BNSSi2. The number of benzene rings is 15. The molecule has 2 aliphatic heterocycles. The Labute approximate surface area is 615 Å². The number of anilines is 3. The summed E-state index contributed by atoms with van der Waals surface area (Å²) in [5.41, 5.74) is 21.8. The number of fused-ring (bicyclic) bond motifs is 4. The number of hydrogen-bond donors (Lipinski definition) is 0. The van der Waals surface area contributed by atoms with Gasteiger partial charge in [0.25, 0.3) is 0 Å². The fourth-order valence-electron chi connectivity index (χ4n) is 16.7. The smallest absolute Gasteiger partial charge is 0.249 e. The summed E-state index contributed by atoms with van der Waals surface area (Å²) >= 11 is 1.95. The Kier molecular flexibility index (Phi) is 16.9. The van der Waals surface area contributed by atoms with Crippen LogP contribution < -0.4 is 62.8 Å². The molecule has 1 nitrogen and oxygen atoms in total. The predicted octanol–water partition coefficient (Wildman–Crippen LogP) is 18.1. The quantitative estimate of drug-likeness (QED) is 0.0789. The summed E-state index contributed by atoms with van der Waals surface area (Å²) in [6.45, 7) is 14.1. The van der Waals surface area contributed by atoms with Crippen molar-refractivity contribution in [3.8, 4) is 55.6 Å². The van der Waals surface area contributed by atoms with Crippen molar-refractivity contribution < 1.29 is 0 Å². The number of nitrogens with zero attached hydrogens (tertiary/aromatic N) is 1. The zero-order valence-electron chi connectivity index (χ0n) is 59.2. The zero-order chi connectivity index (χ0) is 69.9. The van der Waals surface area contributed by atoms with Crippen LogP contribution in [-0.4, -0.2) is 22.9 Å². The minimum absolute atomic E-state index is 0.0648. The van der Waals surface area contributed by atoms with Crippen LogP contribution in [0.25, 0.3) is 55.6 Å². The van der Waals surface area contributed by atoms with Crippen LogP contribution in [0.1, 0.15) is 52.7 Å². The first-order valence-electron chi connectivity index (χ1n) is 36.2. The van der Waals surface area contributed by atoms with E-state index < -0.39 is 16.1 Å². The molecule has 0 unspecified atom stereocenters. The fraction of sp³-hybridized carbons (Fsp3) is 0.0816. The topological polar surface area (TPSA) is 3.24 Å². The second kappa shape index (κ2) is 26.7. The van der Waals surface area contributed by atoms with E-state index in [9.17, 15) is 0 Å². The predicted molar refractivity (Wildman–Crippen MR) is 448 cm³/mol. The molecule has 494 valence electrons. The van der Waals surface area contributed by atoms with E-state index in [0.29, 0.717) is 0 Å². The van der Waals surface area contributed by atoms with E-state index in [1.807, 2.05) is 11.8 Å². The summed E-state index contributed by atoms with van der Waals surface area (Å²) in [5.74, 6) is 0. The fourth-order valence-corrected chi connectivity index (χ4v) is 27.7. The van der Waals surface area contributed by atoms with Gasteiger partial charge in [0.15, 0.2) is 16.1 Å². The standard InChI is InChI=1S/C98H80BNSSi2/c1-97(2,3)77-57-59-93-90(65-77)99-89-58-56-75(64-91(89)100(92-66-78(98(4,5)6)67-94(101-93)95(92)99)96-87(71-38-19-9-20-39-71)54-33-55-88(96)72-40-21-10-22-41-72)76-62-85(102(79-44-23-11-24-45-79,80-46-25-12-26-47-80)83-52-31-42-73(60-83)69-34-15-7-16-35-69)68-86(63-76)103(81-48-27-13-28-49-81,82-50-29-14-30-51-82)84-53-32-43-74(61-84)70-36-17-8-18-37-70/h7-68H,1-6H3. The van der Waals surface area contributed by atoms with Gasteiger partial charge in [-0.1, -0.05) is 411 Å². The van der Waals surface area contributed by atoms with Gasteiger partial charge in [-0.05, 0) is 143 Å². The largest absolute Gasteiger partial charge is 0.310 e. The lowest BCUT2D eigenvalue weighted by atomic mass is 9.34. The summed E-state index contributed by atoms with van der Waals surface area (Å²) < 4.78 is 0. The Morgan fingerprint density at radius 1 is 0.252 bits per heavy atom. The Hall–Kier alpha value is -11.1. The van der Waals surface area contributed by atoms with Gasteiger partial charge >= 0.3 is 0 Å². The summed E-state index contributed by atoms with van der Waals surface area (Å²) in [7, 11) is -6.86. The second-order valence-corrected chi connectivity index (χ2v) is 38.6. The first-order valence-corrected chi connectivity index (χ1v) is 41.0. The van der Waals surface area contributed by atoms with Gasteiger partial charge in [0.1, 0.15) is 0 Å². The van der Waals surface area contributed by atoms with Gasteiger partial charge in [0, 0.05) is 32.3 Å². The first kappa shape index (κ1) is 65.3. The van der Waals surface area contributed by atoms with Crippen LogP contribution in [0, 0.1) is 0 Å². The van der Waals surface area contributed by atoms with E-state index in [2.05, 4.69) is 423 Å². The molecule has 0 N–H and O–H groups in total. The summed E-state index contributed by atoms with van der Waals surface area (Å²) in [6, 6.07) is 145.